The van der Waals surface area contributed by atoms with E-state index < -0.39 is 17.7 Å². The van der Waals surface area contributed by atoms with Crippen molar-refractivity contribution in [3.05, 3.63) is 71.0 Å². The molecule has 100 valence electrons. The molecular formula is C15H14F3N. The van der Waals surface area contributed by atoms with Gasteiger partial charge in [0.1, 0.15) is 17.5 Å². The van der Waals surface area contributed by atoms with Crippen molar-refractivity contribution < 1.29 is 13.2 Å². The normalized spacial score (nSPS) is 12.4. The molecule has 1 N–H and O–H groups in total. The Morgan fingerprint density at radius 3 is 2.42 bits per heavy atom. The van der Waals surface area contributed by atoms with E-state index in [0.717, 1.165) is 18.2 Å². The van der Waals surface area contributed by atoms with Gasteiger partial charge < -0.3 is 5.32 Å². The van der Waals surface area contributed by atoms with Crippen LogP contribution in [-0.4, -0.2) is 7.05 Å². The van der Waals surface area contributed by atoms with E-state index in [9.17, 15) is 13.2 Å². The van der Waals surface area contributed by atoms with Crippen molar-refractivity contribution >= 4 is 0 Å². The van der Waals surface area contributed by atoms with Crippen molar-refractivity contribution in [1.29, 1.82) is 0 Å². The van der Waals surface area contributed by atoms with Crippen molar-refractivity contribution in [3.8, 4) is 0 Å². The van der Waals surface area contributed by atoms with Crippen molar-refractivity contribution in [3.63, 3.8) is 0 Å². The Morgan fingerprint density at radius 2 is 1.74 bits per heavy atom. The second-order valence-corrected chi connectivity index (χ2v) is 4.30. The molecule has 4 heteroatoms. The van der Waals surface area contributed by atoms with Gasteiger partial charge in [-0.2, -0.15) is 0 Å². The van der Waals surface area contributed by atoms with Crippen LogP contribution in [0.5, 0.6) is 0 Å². The van der Waals surface area contributed by atoms with Gasteiger partial charge in [-0.25, -0.2) is 13.2 Å². The van der Waals surface area contributed by atoms with E-state index >= 15 is 0 Å². The summed E-state index contributed by atoms with van der Waals surface area (Å²) in [6.07, 6.45) is 0.254. The van der Waals surface area contributed by atoms with Gasteiger partial charge in [0, 0.05) is 11.6 Å². The molecule has 0 aliphatic heterocycles. The second kappa shape index (κ2) is 5.89. The molecule has 19 heavy (non-hydrogen) atoms. The molecule has 1 unspecified atom stereocenters. The highest BCUT2D eigenvalue weighted by Crippen LogP contribution is 2.23. The molecule has 0 spiro atoms. The van der Waals surface area contributed by atoms with Crippen LogP contribution in [-0.2, 0) is 6.42 Å². The Balaban J connectivity index is 2.30. The van der Waals surface area contributed by atoms with Gasteiger partial charge in [0.25, 0.3) is 0 Å². The summed E-state index contributed by atoms with van der Waals surface area (Å²) in [5.41, 5.74) is 0.663. The summed E-state index contributed by atoms with van der Waals surface area (Å²) in [6, 6.07) is 9.10. The Morgan fingerprint density at radius 1 is 1.00 bits per heavy atom. The Labute approximate surface area is 110 Å². The molecule has 0 fully saturated rings. The molecule has 1 atom stereocenters. The van der Waals surface area contributed by atoms with E-state index in [0.29, 0.717) is 5.56 Å². The van der Waals surface area contributed by atoms with E-state index in [2.05, 4.69) is 5.32 Å². The minimum absolute atomic E-state index is 0.200. The zero-order chi connectivity index (χ0) is 13.8. The van der Waals surface area contributed by atoms with Crippen LogP contribution < -0.4 is 5.32 Å². The molecule has 0 saturated heterocycles. The molecule has 0 aliphatic rings. The number of hydrogen-bond acceptors (Lipinski definition) is 1. The van der Waals surface area contributed by atoms with Crippen LogP contribution in [0.25, 0.3) is 0 Å². The Hall–Kier alpha value is -1.81. The Kier molecular flexibility index (Phi) is 4.22. The van der Waals surface area contributed by atoms with Gasteiger partial charge in [-0.05, 0) is 43.3 Å². The van der Waals surface area contributed by atoms with Gasteiger partial charge in [0.15, 0.2) is 0 Å². The van der Waals surface area contributed by atoms with Crippen molar-refractivity contribution in [2.24, 2.45) is 0 Å². The molecule has 2 aromatic rings. The van der Waals surface area contributed by atoms with Crippen LogP contribution in [0.4, 0.5) is 13.2 Å². The van der Waals surface area contributed by atoms with Crippen LogP contribution >= 0.6 is 0 Å². The number of rotatable bonds is 4. The van der Waals surface area contributed by atoms with Crippen LogP contribution in [0, 0.1) is 17.5 Å². The minimum Gasteiger partial charge on any atom is -0.313 e. The third kappa shape index (κ3) is 3.15. The van der Waals surface area contributed by atoms with Crippen molar-refractivity contribution in [2.75, 3.05) is 7.05 Å². The van der Waals surface area contributed by atoms with Gasteiger partial charge >= 0.3 is 0 Å². The number of hydrogen-bond donors (Lipinski definition) is 1. The van der Waals surface area contributed by atoms with Crippen LogP contribution in [0.3, 0.4) is 0 Å². The summed E-state index contributed by atoms with van der Waals surface area (Å²) in [4.78, 5) is 0. The summed E-state index contributed by atoms with van der Waals surface area (Å²) >= 11 is 0. The largest absolute Gasteiger partial charge is 0.313 e. The lowest BCUT2D eigenvalue weighted by molar-refractivity contribution is 0.511. The third-order valence-electron chi connectivity index (χ3n) is 3.06. The average molecular weight is 265 g/mol. The standard InChI is InChI=1S/C15H14F3N/c1-19-15(8-10-4-2-3-5-13(10)17)12-9-11(16)6-7-14(12)18/h2-7,9,15,19H,8H2,1H3. The highest BCUT2D eigenvalue weighted by molar-refractivity contribution is 5.26. The van der Waals surface area contributed by atoms with Crippen LogP contribution in [0.2, 0.25) is 0 Å². The number of nitrogens with one attached hydrogen (secondary N) is 1. The number of halogens is 3. The molecule has 0 saturated carbocycles. The maximum absolute atomic E-state index is 13.7. The summed E-state index contributed by atoms with van der Waals surface area (Å²) in [7, 11) is 1.63. The molecule has 0 aromatic heterocycles. The molecular weight excluding hydrogens is 251 g/mol. The van der Waals surface area contributed by atoms with Crippen LogP contribution in [0.15, 0.2) is 42.5 Å². The molecule has 0 radical (unpaired) electrons. The summed E-state index contributed by atoms with van der Waals surface area (Å²) in [5.74, 6) is -1.36. The van der Waals surface area contributed by atoms with Gasteiger partial charge in [-0.15, -0.1) is 0 Å². The SMILES string of the molecule is CNC(Cc1ccccc1F)c1cc(F)ccc1F. The highest BCUT2D eigenvalue weighted by atomic mass is 19.1. The van der Waals surface area contributed by atoms with E-state index in [1.165, 1.54) is 6.07 Å². The molecule has 2 rings (SSSR count). The number of benzene rings is 2. The highest BCUT2D eigenvalue weighted by Gasteiger charge is 2.17. The summed E-state index contributed by atoms with van der Waals surface area (Å²) in [6.45, 7) is 0. The smallest absolute Gasteiger partial charge is 0.128 e. The molecule has 0 aliphatic carbocycles. The van der Waals surface area contributed by atoms with Gasteiger partial charge in [0.05, 0.1) is 0 Å². The molecule has 0 heterocycles. The first kappa shape index (κ1) is 13.6. The fraction of sp³-hybridized carbons (Fsp3) is 0.200. The zero-order valence-corrected chi connectivity index (χ0v) is 10.5. The van der Waals surface area contributed by atoms with Crippen molar-refractivity contribution in [2.45, 2.75) is 12.5 Å². The van der Waals surface area contributed by atoms with Gasteiger partial charge in [0.2, 0.25) is 0 Å². The van der Waals surface area contributed by atoms with Crippen molar-refractivity contribution in [1.82, 2.24) is 5.32 Å². The lowest BCUT2D eigenvalue weighted by Crippen LogP contribution is -2.20. The maximum Gasteiger partial charge on any atom is 0.128 e. The topological polar surface area (TPSA) is 12.0 Å². The third-order valence-corrected chi connectivity index (χ3v) is 3.06. The van der Waals surface area contributed by atoms with Crippen LogP contribution in [0.1, 0.15) is 17.2 Å². The fourth-order valence-electron chi connectivity index (χ4n) is 2.03. The first-order valence-corrected chi connectivity index (χ1v) is 5.97. The van der Waals surface area contributed by atoms with E-state index in [-0.39, 0.29) is 17.8 Å². The lowest BCUT2D eigenvalue weighted by atomic mass is 9.98. The zero-order valence-electron chi connectivity index (χ0n) is 10.5. The summed E-state index contributed by atoms with van der Waals surface area (Å²) in [5, 5.41) is 2.89. The average Bonchev–Trinajstić information content (AvgIpc) is 2.41. The Bertz CT molecular complexity index is 569. The molecule has 0 bridgehead atoms. The molecule has 0 amide bonds. The maximum atomic E-state index is 13.7. The molecule has 2 aromatic carbocycles. The first-order valence-electron chi connectivity index (χ1n) is 5.97. The summed E-state index contributed by atoms with van der Waals surface area (Å²) < 4.78 is 40.5. The van der Waals surface area contributed by atoms with E-state index in [1.807, 2.05) is 0 Å². The molecule has 1 nitrogen and oxygen atoms in total. The van der Waals surface area contributed by atoms with E-state index in [1.54, 1.807) is 25.2 Å². The predicted octanol–water partition coefficient (Wildman–Crippen LogP) is 3.61. The fourth-order valence-corrected chi connectivity index (χ4v) is 2.03. The quantitative estimate of drug-likeness (QED) is 0.890. The lowest BCUT2D eigenvalue weighted by Gasteiger charge is -2.18. The van der Waals surface area contributed by atoms with Gasteiger partial charge in [-0.3, -0.25) is 0 Å². The van der Waals surface area contributed by atoms with E-state index in [4.69, 9.17) is 0 Å². The predicted molar refractivity (Wildman–Crippen MR) is 68.3 cm³/mol. The second-order valence-electron chi connectivity index (χ2n) is 4.30. The first-order chi connectivity index (χ1) is 9.11. The monoisotopic (exact) mass is 265 g/mol. The minimum atomic E-state index is -0.509. The van der Waals surface area contributed by atoms with Gasteiger partial charge in [-0.1, -0.05) is 18.2 Å². The number of likely N-dealkylation sites (N-methyl/N-ethyl adjacent to an activating group) is 1.